The molecule has 0 aromatic carbocycles. The second-order valence-electron chi connectivity index (χ2n) is 6.63. The number of carboxylic acid groups (broad SMARTS) is 1. The fourth-order valence-corrected chi connectivity index (χ4v) is 2.11. The average Bonchev–Trinajstić information content (AvgIpc) is 2.60. The van der Waals surface area contributed by atoms with Gasteiger partial charge in [-0.2, -0.15) is 0 Å². The van der Waals surface area contributed by atoms with E-state index in [0.717, 1.165) is 0 Å². The number of nitrogens with two attached hydrogens (primary N) is 2. The highest BCUT2D eigenvalue weighted by molar-refractivity contribution is 5.94. The van der Waals surface area contributed by atoms with Crippen molar-refractivity contribution in [3.8, 4) is 0 Å². The molecule has 6 atom stereocenters. The molecule has 0 aliphatic carbocycles. The number of hydrogen-bond donors (Lipinski definition) is 8. The van der Waals surface area contributed by atoms with Crippen molar-refractivity contribution in [1.82, 2.24) is 16.0 Å². The van der Waals surface area contributed by atoms with E-state index in [1.807, 2.05) is 0 Å². The van der Waals surface area contributed by atoms with Crippen molar-refractivity contribution in [1.29, 1.82) is 0 Å². The molecule has 0 radical (unpaired) electrons. The van der Waals surface area contributed by atoms with Gasteiger partial charge in [-0.15, -0.1) is 0 Å². The van der Waals surface area contributed by atoms with Crippen molar-refractivity contribution in [3.05, 3.63) is 0 Å². The first-order chi connectivity index (χ1) is 13.3. The summed E-state index contributed by atoms with van der Waals surface area (Å²) in [5, 5.41) is 34.8. The van der Waals surface area contributed by atoms with E-state index >= 15 is 0 Å². The molecule has 0 fully saturated rings. The van der Waals surface area contributed by atoms with Crippen LogP contribution < -0.4 is 27.4 Å². The van der Waals surface area contributed by atoms with Gasteiger partial charge in [0.1, 0.15) is 18.1 Å². The molecular weight excluding hydrogens is 390 g/mol. The molecule has 0 aromatic rings. The molecular formula is C16H29N5O8. The van der Waals surface area contributed by atoms with E-state index in [-0.39, 0.29) is 12.8 Å². The Morgan fingerprint density at radius 3 is 1.62 bits per heavy atom. The average molecular weight is 419 g/mol. The van der Waals surface area contributed by atoms with Gasteiger partial charge in [-0.3, -0.25) is 24.0 Å². The highest BCUT2D eigenvalue weighted by atomic mass is 16.4. The number of aliphatic hydroxyl groups is 2. The van der Waals surface area contributed by atoms with E-state index < -0.39 is 66.0 Å². The molecule has 29 heavy (non-hydrogen) atoms. The number of carbonyl (C=O) groups excluding carboxylic acids is 4. The lowest BCUT2D eigenvalue weighted by Crippen LogP contribution is -2.61. The standard InChI is InChI=1S/C16H29N5O8/c1-6(16(28)29)19-14(26)11(7(2)22)21-15(27)12(8(3)23)20-13(25)9(17)4-5-10(18)24/h6-9,11-12,22-23H,4-5,17H2,1-3H3,(H2,18,24)(H,19,26)(H,20,25)(H,21,27)(H,28,29). The van der Waals surface area contributed by atoms with Crippen molar-refractivity contribution in [3.63, 3.8) is 0 Å². The normalized spacial score (nSPS) is 17.0. The number of aliphatic carboxylic acids is 1. The van der Waals surface area contributed by atoms with Gasteiger partial charge in [-0.1, -0.05) is 0 Å². The molecule has 0 saturated heterocycles. The van der Waals surface area contributed by atoms with Crippen LogP contribution in [0, 0.1) is 0 Å². The lowest BCUT2D eigenvalue weighted by Gasteiger charge is -2.27. The number of hydrogen-bond acceptors (Lipinski definition) is 8. The van der Waals surface area contributed by atoms with E-state index in [9.17, 15) is 34.2 Å². The zero-order chi connectivity index (χ0) is 22.9. The Morgan fingerprint density at radius 2 is 1.24 bits per heavy atom. The predicted octanol–water partition coefficient (Wildman–Crippen LogP) is -4.10. The Hall–Kier alpha value is -2.77. The molecule has 0 bridgehead atoms. The summed E-state index contributed by atoms with van der Waals surface area (Å²) in [6, 6.07) is -5.54. The summed E-state index contributed by atoms with van der Waals surface area (Å²) in [6.07, 6.45) is -3.06. The molecule has 0 aromatic heterocycles. The molecule has 13 heteroatoms. The van der Waals surface area contributed by atoms with Crippen LogP contribution in [0.25, 0.3) is 0 Å². The minimum atomic E-state index is -1.55. The monoisotopic (exact) mass is 419 g/mol. The zero-order valence-corrected chi connectivity index (χ0v) is 16.4. The SMILES string of the molecule is CC(NC(=O)C(NC(=O)C(NC(=O)C(N)CCC(N)=O)C(C)O)C(C)O)C(=O)O. The summed E-state index contributed by atoms with van der Waals surface area (Å²) in [7, 11) is 0. The number of carbonyl (C=O) groups is 5. The third kappa shape index (κ3) is 9.32. The van der Waals surface area contributed by atoms with Crippen molar-refractivity contribution in [2.45, 2.75) is 70.0 Å². The fraction of sp³-hybridized carbons (Fsp3) is 0.688. The maximum atomic E-state index is 12.4. The van der Waals surface area contributed by atoms with Crippen LogP contribution in [0.2, 0.25) is 0 Å². The molecule has 6 unspecified atom stereocenters. The van der Waals surface area contributed by atoms with Crippen LogP contribution >= 0.6 is 0 Å². The molecule has 166 valence electrons. The quantitative estimate of drug-likeness (QED) is 0.153. The number of primary amides is 1. The van der Waals surface area contributed by atoms with Crippen molar-refractivity contribution in [2.24, 2.45) is 11.5 Å². The van der Waals surface area contributed by atoms with Crippen LogP contribution in [0.3, 0.4) is 0 Å². The van der Waals surface area contributed by atoms with Gasteiger partial charge in [0, 0.05) is 6.42 Å². The van der Waals surface area contributed by atoms with E-state index in [0.29, 0.717) is 0 Å². The van der Waals surface area contributed by atoms with Crippen LogP contribution in [-0.4, -0.2) is 81.3 Å². The van der Waals surface area contributed by atoms with Crippen molar-refractivity contribution in [2.75, 3.05) is 0 Å². The summed E-state index contributed by atoms with van der Waals surface area (Å²) in [6.45, 7) is 3.57. The first kappa shape index (κ1) is 26.2. The molecule has 13 nitrogen and oxygen atoms in total. The molecule has 4 amide bonds. The van der Waals surface area contributed by atoms with Crippen LogP contribution in [0.1, 0.15) is 33.6 Å². The Kier molecular flexibility index (Phi) is 10.8. The highest BCUT2D eigenvalue weighted by Gasteiger charge is 2.33. The van der Waals surface area contributed by atoms with Crippen molar-refractivity contribution >= 4 is 29.6 Å². The molecule has 0 saturated carbocycles. The maximum Gasteiger partial charge on any atom is 0.325 e. The Morgan fingerprint density at radius 1 is 0.828 bits per heavy atom. The molecule has 0 aliphatic rings. The van der Waals surface area contributed by atoms with E-state index in [2.05, 4.69) is 16.0 Å². The van der Waals surface area contributed by atoms with Gasteiger partial charge < -0.3 is 42.7 Å². The first-order valence-electron chi connectivity index (χ1n) is 8.81. The van der Waals surface area contributed by atoms with Gasteiger partial charge in [0.2, 0.25) is 23.6 Å². The predicted molar refractivity (Wildman–Crippen MR) is 98.9 cm³/mol. The van der Waals surface area contributed by atoms with Crippen LogP contribution in [-0.2, 0) is 24.0 Å². The minimum absolute atomic E-state index is 0.0822. The fourth-order valence-electron chi connectivity index (χ4n) is 2.11. The summed E-state index contributed by atoms with van der Waals surface area (Å²) >= 11 is 0. The van der Waals surface area contributed by atoms with E-state index in [1.54, 1.807) is 0 Å². The number of nitrogens with one attached hydrogen (secondary N) is 3. The summed E-state index contributed by atoms with van der Waals surface area (Å²) in [5.41, 5.74) is 10.6. The molecule has 10 N–H and O–H groups in total. The minimum Gasteiger partial charge on any atom is -0.480 e. The van der Waals surface area contributed by atoms with Gasteiger partial charge >= 0.3 is 5.97 Å². The highest BCUT2D eigenvalue weighted by Crippen LogP contribution is 2.02. The smallest absolute Gasteiger partial charge is 0.325 e. The largest absolute Gasteiger partial charge is 0.480 e. The van der Waals surface area contributed by atoms with E-state index in [1.165, 1.54) is 20.8 Å². The molecule has 0 heterocycles. The van der Waals surface area contributed by atoms with Gasteiger partial charge in [-0.25, -0.2) is 0 Å². The third-order valence-corrected chi connectivity index (χ3v) is 3.89. The summed E-state index contributed by atoms with van der Waals surface area (Å²) in [4.78, 5) is 58.3. The number of carboxylic acids is 1. The summed E-state index contributed by atoms with van der Waals surface area (Å²) < 4.78 is 0. The van der Waals surface area contributed by atoms with Crippen molar-refractivity contribution < 1.29 is 39.3 Å². The second-order valence-corrected chi connectivity index (χ2v) is 6.63. The number of aliphatic hydroxyl groups excluding tert-OH is 2. The third-order valence-electron chi connectivity index (χ3n) is 3.89. The number of rotatable bonds is 12. The zero-order valence-electron chi connectivity index (χ0n) is 16.4. The Balaban J connectivity index is 5.16. The second kappa shape index (κ2) is 11.9. The van der Waals surface area contributed by atoms with Crippen LogP contribution in [0.4, 0.5) is 0 Å². The molecule has 0 rings (SSSR count). The summed E-state index contributed by atoms with van der Waals surface area (Å²) in [5.74, 6) is -4.83. The van der Waals surface area contributed by atoms with Crippen LogP contribution in [0.5, 0.6) is 0 Å². The van der Waals surface area contributed by atoms with E-state index in [4.69, 9.17) is 16.6 Å². The first-order valence-corrected chi connectivity index (χ1v) is 8.81. The van der Waals surface area contributed by atoms with Gasteiger partial charge in [-0.05, 0) is 27.2 Å². The lowest BCUT2D eigenvalue weighted by molar-refractivity contribution is -0.142. The van der Waals surface area contributed by atoms with Crippen LogP contribution in [0.15, 0.2) is 0 Å². The van der Waals surface area contributed by atoms with Gasteiger partial charge in [0.05, 0.1) is 18.2 Å². The topological polar surface area (TPSA) is 234 Å². The Bertz CT molecular complexity index is 624. The lowest BCUT2D eigenvalue weighted by atomic mass is 10.1. The van der Waals surface area contributed by atoms with Gasteiger partial charge in [0.15, 0.2) is 0 Å². The molecule has 0 aliphatic heterocycles. The maximum absolute atomic E-state index is 12.4. The Labute approximate surface area is 167 Å². The molecule has 0 spiro atoms. The number of amides is 4. The van der Waals surface area contributed by atoms with Gasteiger partial charge in [0.25, 0.3) is 0 Å².